The highest BCUT2D eigenvalue weighted by Crippen LogP contribution is 2.39. The van der Waals surface area contributed by atoms with Gasteiger partial charge in [0, 0.05) is 10.9 Å². The smallest absolute Gasteiger partial charge is 0.142 e. The third-order valence-electron chi connectivity index (χ3n) is 6.99. The van der Waals surface area contributed by atoms with Crippen LogP contribution in [0.3, 0.4) is 0 Å². The molecule has 3 heteroatoms. The van der Waals surface area contributed by atoms with Crippen LogP contribution in [0.4, 0.5) is 8.78 Å². The lowest BCUT2D eigenvalue weighted by atomic mass is 9.76. The maximum Gasteiger partial charge on any atom is 0.142 e. The van der Waals surface area contributed by atoms with Crippen LogP contribution in [0, 0.1) is 17.6 Å². The lowest BCUT2D eigenvalue weighted by Crippen LogP contribution is -2.13. The monoisotopic (exact) mass is 440 g/mol. The molecule has 0 aliphatic heterocycles. The minimum atomic E-state index is -0.532. The Bertz CT molecular complexity index is 1030. The van der Waals surface area contributed by atoms with Crippen LogP contribution in [-0.2, 0) is 0 Å². The van der Waals surface area contributed by atoms with Crippen LogP contribution >= 0.6 is 11.6 Å². The van der Waals surface area contributed by atoms with E-state index in [-0.39, 0.29) is 10.8 Å². The Morgan fingerprint density at radius 1 is 0.871 bits per heavy atom. The van der Waals surface area contributed by atoms with Crippen molar-refractivity contribution in [2.75, 3.05) is 0 Å². The first-order valence-corrected chi connectivity index (χ1v) is 12.1. The van der Waals surface area contributed by atoms with Crippen molar-refractivity contribution in [1.29, 1.82) is 0 Å². The van der Waals surface area contributed by atoms with Gasteiger partial charge in [-0.1, -0.05) is 87.0 Å². The lowest BCUT2D eigenvalue weighted by molar-refractivity contribution is 0.302. The first-order chi connectivity index (χ1) is 15.1. The van der Waals surface area contributed by atoms with Gasteiger partial charge in [-0.05, 0) is 66.2 Å². The number of hydrogen-bond donors (Lipinski definition) is 0. The molecule has 0 spiro atoms. The van der Waals surface area contributed by atoms with E-state index in [0.29, 0.717) is 22.4 Å². The zero-order valence-corrected chi connectivity index (χ0v) is 19.0. The summed E-state index contributed by atoms with van der Waals surface area (Å²) in [6.45, 7) is 2.26. The van der Waals surface area contributed by atoms with Crippen LogP contribution in [0.5, 0.6) is 0 Å². The average molecular weight is 441 g/mol. The summed E-state index contributed by atoms with van der Waals surface area (Å²) in [5.41, 5.74) is 2.23. The summed E-state index contributed by atoms with van der Waals surface area (Å²) in [6.07, 6.45) is 11.9. The van der Waals surface area contributed by atoms with E-state index in [0.717, 1.165) is 11.3 Å². The molecule has 0 bridgehead atoms. The van der Waals surface area contributed by atoms with E-state index in [4.69, 9.17) is 11.6 Å². The lowest BCUT2D eigenvalue weighted by Gasteiger charge is -2.29. The van der Waals surface area contributed by atoms with E-state index in [2.05, 4.69) is 19.1 Å². The largest absolute Gasteiger partial charge is 0.206 e. The standard InChI is InChI=1S/C28H31ClF2/c1-2-3-4-5-6-19-7-9-20(10-8-19)21-11-14-24-22(17-21)12-15-25(28(24)31)23-13-16-26(29)27(30)18-23/h11-20H,2-10H2,1H3/t19-,20-. The molecule has 0 amide bonds. The minimum absolute atomic E-state index is 0.0465. The maximum atomic E-state index is 15.2. The molecule has 4 rings (SSSR count). The second-order valence-corrected chi connectivity index (χ2v) is 9.51. The third-order valence-corrected chi connectivity index (χ3v) is 7.30. The molecule has 0 unspecified atom stereocenters. The molecule has 164 valence electrons. The number of fused-ring (bicyclic) bond motifs is 1. The SMILES string of the molecule is CCCCCC[C@H]1CC[C@H](c2ccc3c(F)c(-c4ccc(Cl)c(F)c4)ccc3c2)CC1. The Kier molecular flexibility index (Phi) is 7.27. The highest BCUT2D eigenvalue weighted by molar-refractivity contribution is 6.30. The zero-order valence-electron chi connectivity index (χ0n) is 18.3. The molecule has 0 nitrogen and oxygen atoms in total. The third kappa shape index (κ3) is 5.12. The van der Waals surface area contributed by atoms with Gasteiger partial charge >= 0.3 is 0 Å². The molecule has 0 heterocycles. The van der Waals surface area contributed by atoms with Gasteiger partial charge in [0.05, 0.1) is 5.02 Å². The number of benzene rings is 3. The van der Waals surface area contributed by atoms with Crippen molar-refractivity contribution in [3.05, 3.63) is 70.8 Å². The molecule has 0 aromatic heterocycles. The van der Waals surface area contributed by atoms with E-state index in [1.807, 2.05) is 12.1 Å². The van der Waals surface area contributed by atoms with Crippen LogP contribution in [0.1, 0.15) is 76.2 Å². The van der Waals surface area contributed by atoms with Gasteiger partial charge < -0.3 is 0 Å². The van der Waals surface area contributed by atoms with E-state index < -0.39 is 5.82 Å². The van der Waals surface area contributed by atoms with Gasteiger partial charge in [-0.15, -0.1) is 0 Å². The summed E-state index contributed by atoms with van der Waals surface area (Å²) in [4.78, 5) is 0. The van der Waals surface area contributed by atoms with Crippen LogP contribution in [0.2, 0.25) is 5.02 Å². The Labute approximate surface area is 189 Å². The highest BCUT2D eigenvalue weighted by atomic mass is 35.5. The molecule has 1 aliphatic rings. The fourth-order valence-electron chi connectivity index (χ4n) is 5.10. The molecule has 0 radical (unpaired) electrons. The zero-order chi connectivity index (χ0) is 21.8. The van der Waals surface area contributed by atoms with Gasteiger partial charge in [0.15, 0.2) is 0 Å². The minimum Gasteiger partial charge on any atom is -0.206 e. The molecular formula is C28H31ClF2. The van der Waals surface area contributed by atoms with Crippen molar-refractivity contribution in [2.45, 2.75) is 70.6 Å². The Balaban J connectivity index is 1.47. The van der Waals surface area contributed by atoms with Crippen LogP contribution < -0.4 is 0 Å². The van der Waals surface area contributed by atoms with Crippen LogP contribution in [0.25, 0.3) is 21.9 Å². The molecule has 1 aliphatic carbocycles. The predicted molar refractivity (Wildman–Crippen MR) is 128 cm³/mol. The summed E-state index contributed by atoms with van der Waals surface area (Å²) < 4.78 is 29.1. The number of hydrogen-bond acceptors (Lipinski definition) is 0. The number of halogens is 3. The predicted octanol–water partition coefficient (Wildman–Crippen LogP) is 9.68. The molecule has 0 N–H and O–H groups in total. The molecule has 0 saturated heterocycles. The Hall–Kier alpha value is -1.93. The van der Waals surface area contributed by atoms with Crippen molar-refractivity contribution in [1.82, 2.24) is 0 Å². The summed E-state index contributed by atoms with van der Waals surface area (Å²) in [7, 11) is 0. The van der Waals surface area contributed by atoms with Gasteiger partial charge in [-0.3, -0.25) is 0 Å². The molecular weight excluding hydrogens is 410 g/mol. The van der Waals surface area contributed by atoms with E-state index in [1.54, 1.807) is 12.1 Å². The quantitative estimate of drug-likeness (QED) is 0.320. The fourth-order valence-corrected chi connectivity index (χ4v) is 5.21. The van der Waals surface area contributed by atoms with Crippen LogP contribution in [-0.4, -0.2) is 0 Å². The van der Waals surface area contributed by atoms with Crippen molar-refractivity contribution in [3.63, 3.8) is 0 Å². The van der Waals surface area contributed by atoms with Gasteiger partial charge in [0.1, 0.15) is 11.6 Å². The second kappa shape index (κ2) is 10.1. The second-order valence-electron chi connectivity index (χ2n) is 9.10. The normalized spacial score (nSPS) is 19.1. The average Bonchev–Trinajstić information content (AvgIpc) is 2.79. The summed E-state index contributed by atoms with van der Waals surface area (Å²) in [6, 6.07) is 14.2. The number of unbranched alkanes of at least 4 members (excludes halogenated alkanes) is 3. The van der Waals surface area contributed by atoms with Crippen molar-refractivity contribution in [2.24, 2.45) is 5.92 Å². The Morgan fingerprint density at radius 2 is 1.68 bits per heavy atom. The highest BCUT2D eigenvalue weighted by Gasteiger charge is 2.22. The topological polar surface area (TPSA) is 0 Å². The first-order valence-electron chi connectivity index (χ1n) is 11.7. The van der Waals surface area contributed by atoms with Gasteiger partial charge in [-0.2, -0.15) is 0 Å². The van der Waals surface area contributed by atoms with Gasteiger partial charge in [0.25, 0.3) is 0 Å². The molecule has 1 saturated carbocycles. The van der Waals surface area contributed by atoms with E-state index in [9.17, 15) is 4.39 Å². The summed E-state index contributed by atoms with van der Waals surface area (Å²) >= 11 is 5.77. The van der Waals surface area contributed by atoms with Gasteiger partial charge in [-0.25, -0.2) is 8.78 Å². The van der Waals surface area contributed by atoms with E-state index >= 15 is 4.39 Å². The van der Waals surface area contributed by atoms with Crippen molar-refractivity contribution < 1.29 is 8.78 Å². The van der Waals surface area contributed by atoms with E-state index in [1.165, 1.54) is 75.5 Å². The Morgan fingerprint density at radius 3 is 2.42 bits per heavy atom. The summed E-state index contributed by atoms with van der Waals surface area (Å²) in [5.74, 6) is 0.620. The molecule has 3 aromatic rings. The number of rotatable bonds is 7. The maximum absolute atomic E-state index is 15.2. The van der Waals surface area contributed by atoms with Crippen molar-refractivity contribution in [3.8, 4) is 11.1 Å². The van der Waals surface area contributed by atoms with Crippen LogP contribution in [0.15, 0.2) is 48.5 Å². The first kappa shape index (κ1) is 22.3. The summed E-state index contributed by atoms with van der Waals surface area (Å²) in [5, 5.41) is 1.54. The molecule has 31 heavy (non-hydrogen) atoms. The molecule has 3 aromatic carbocycles. The van der Waals surface area contributed by atoms with Gasteiger partial charge in [0.2, 0.25) is 0 Å². The molecule has 1 fully saturated rings. The molecule has 0 atom stereocenters. The van der Waals surface area contributed by atoms with Crippen molar-refractivity contribution >= 4 is 22.4 Å². The fraction of sp³-hybridized carbons (Fsp3) is 0.429.